The largest absolute Gasteiger partial charge is 0.452 e. The molecular formula is C12H9BrClNO2. The number of aryl methyl sites for hydroxylation is 1. The van der Waals surface area contributed by atoms with Crippen LogP contribution in [0.3, 0.4) is 0 Å². The maximum atomic E-state index is 11.9. The Morgan fingerprint density at radius 1 is 1.41 bits per heavy atom. The van der Waals surface area contributed by atoms with Gasteiger partial charge in [-0.1, -0.05) is 15.9 Å². The maximum absolute atomic E-state index is 11.9. The number of carbonyl (C=O) groups is 1. The smallest absolute Gasteiger partial charge is 0.260 e. The second-order valence-electron chi connectivity index (χ2n) is 3.52. The quantitative estimate of drug-likeness (QED) is 0.900. The molecule has 0 aliphatic carbocycles. The summed E-state index contributed by atoms with van der Waals surface area (Å²) in [5.41, 5.74) is 2.04. The molecule has 1 N–H and O–H groups in total. The van der Waals surface area contributed by atoms with Crippen molar-refractivity contribution in [3.05, 3.63) is 51.3 Å². The van der Waals surface area contributed by atoms with Gasteiger partial charge in [0.15, 0.2) is 0 Å². The van der Waals surface area contributed by atoms with Crippen LogP contribution in [0.25, 0.3) is 0 Å². The summed E-state index contributed by atoms with van der Waals surface area (Å²) >= 11 is 9.09. The Balaban J connectivity index is 2.22. The molecular weight excluding hydrogens is 305 g/mol. The van der Waals surface area contributed by atoms with Crippen LogP contribution in [0.2, 0.25) is 5.22 Å². The number of hydrogen-bond donors (Lipinski definition) is 1. The molecule has 0 unspecified atom stereocenters. The Labute approximate surface area is 112 Å². The molecule has 0 spiro atoms. The zero-order chi connectivity index (χ0) is 12.4. The average molecular weight is 315 g/mol. The van der Waals surface area contributed by atoms with Crippen LogP contribution in [-0.2, 0) is 0 Å². The van der Waals surface area contributed by atoms with Crippen LogP contribution < -0.4 is 5.32 Å². The molecule has 0 fully saturated rings. The van der Waals surface area contributed by atoms with Gasteiger partial charge in [-0.05, 0) is 48.4 Å². The number of halogens is 2. The zero-order valence-corrected chi connectivity index (χ0v) is 11.3. The predicted molar refractivity (Wildman–Crippen MR) is 70.6 cm³/mol. The molecule has 0 atom stereocenters. The predicted octanol–water partition coefficient (Wildman–Crippen LogP) is 4.26. The highest BCUT2D eigenvalue weighted by atomic mass is 79.9. The molecule has 1 aromatic carbocycles. The number of rotatable bonds is 2. The van der Waals surface area contributed by atoms with Gasteiger partial charge in [0.05, 0.1) is 11.8 Å². The van der Waals surface area contributed by atoms with E-state index < -0.39 is 0 Å². The monoisotopic (exact) mass is 313 g/mol. The van der Waals surface area contributed by atoms with Crippen LogP contribution in [0, 0.1) is 6.92 Å². The molecule has 1 aromatic heterocycles. The van der Waals surface area contributed by atoms with Crippen molar-refractivity contribution in [3.63, 3.8) is 0 Å². The molecule has 1 heterocycles. The zero-order valence-electron chi connectivity index (χ0n) is 8.96. The van der Waals surface area contributed by atoms with E-state index in [4.69, 9.17) is 16.0 Å². The van der Waals surface area contributed by atoms with E-state index in [0.29, 0.717) is 5.56 Å². The topological polar surface area (TPSA) is 42.2 Å². The summed E-state index contributed by atoms with van der Waals surface area (Å²) in [6.07, 6.45) is 1.38. The van der Waals surface area contributed by atoms with Crippen molar-refractivity contribution in [2.75, 3.05) is 5.32 Å². The Kier molecular flexibility index (Phi) is 3.54. The van der Waals surface area contributed by atoms with Crippen molar-refractivity contribution in [2.45, 2.75) is 6.92 Å². The van der Waals surface area contributed by atoms with Gasteiger partial charge in [0.1, 0.15) is 0 Å². The minimum atomic E-state index is -0.283. The van der Waals surface area contributed by atoms with Gasteiger partial charge < -0.3 is 9.73 Å². The fraction of sp³-hybridized carbons (Fsp3) is 0.0833. The van der Waals surface area contributed by atoms with Crippen LogP contribution >= 0.6 is 27.5 Å². The van der Waals surface area contributed by atoms with Crippen LogP contribution in [0.15, 0.2) is 39.4 Å². The lowest BCUT2D eigenvalue weighted by atomic mass is 10.2. The number of amides is 1. The van der Waals surface area contributed by atoms with Crippen molar-refractivity contribution < 1.29 is 9.21 Å². The summed E-state index contributed by atoms with van der Waals surface area (Å²) < 4.78 is 5.84. The van der Waals surface area contributed by atoms with E-state index in [0.717, 1.165) is 15.7 Å². The SMILES string of the molecule is Cc1cc(Br)ccc1NC(=O)c1ccoc1Cl. The molecule has 88 valence electrons. The fourth-order valence-corrected chi connectivity index (χ4v) is 2.09. The first kappa shape index (κ1) is 12.2. The molecule has 0 saturated heterocycles. The van der Waals surface area contributed by atoms with E-state index in [1.165, 1.54) is 12.3 Å². The Hall–Kier alpha value is -1.26. The van der Waals surface area contributed by atoms with Gasteiger partial charge in [-0.2, -0.15) is 0 Å². The van der Waals surface area contributed by atoms with Crippen LogP contribution in [-0.4, -0.2) is 5.91 Å². The van der Waals surface area contributed by atoms with Gasteiger partial charge in [0.2, 0.25) is 5.22 Å². The molecule has 0 saturated carbocycles. The molecule has 17 heavy (non-hydrogen) atoms. The number of furan rings is 1. The van der Waals surface area contributed by atoms with E-state index in [1.807, 2.05) is 25.1 Å². The lowest BCUT2D eigenvalue weighted by Gasteiger charge is -2.07. The first-order valence-corrected chi connectivity index (χ1v) is 6.05. The van der Waals surface area contributed by atoms with E-state index in [2.05, 4.69) is 21.2 Å². The Morgan fingerprint density at radius 3 is 2.76 bits per heavy atom. The molecule has 0 radical (unpaired) electrons. The number of anilines is 1. The molecule has 0 bridgehead atoms. The van der Waals surface area contributed by atoms with Crippen LogP contribution in [0.4, 0.5) is 5.69 Å². The van der Waals surface area contributed by atoms with Gasteiger partial charge in [0.25, 0.3) is 5.91 Å². The van der Waals surface area contributed by atoms with E-state index in [9.17, 15) is 4.79 Å². The van der Waals surface area contributed by atoms with Gasteiger partial charge in [-0.3, -0.25) is 4.79 Å². The highest BCUT2D eigenvalue weighted by Gasteiger charge is 2.13. The van der Waals surface area contributed by atoms with Gasteiger partial charge >= 0.3 is 0 Å². The number of benzene rings is 1. The van der Waals surface area contributed by atoms with Crippen molar-refractivity contribution >= 4 is 39.1 Å². The average Bonchev–Trinajstić information content (AvgIpc) is 2.68. The third kappa shape index (κ3) is 2.70. The normalized spacial score (nSPS) is 10.3. The minimum absolute atomic E-state index is 0.0947. The summed E-state index contributed by atoms with van der Waals surface area (Å²) in [6, 6.07) is 7.14. The molecule has 2 rings (SSSR count). The third-order valence-corrected chi connectivity index (χ3v) is 3.09. The highest BCUT2D eigenvalue weighted by Crippen LogP contribution is 2.22. The lowest BCUT2D eigenvalue weighted by Crippen LogP contribution is -2.12. The maximum Gasteiger partial charge on any atom is 0.260 e. The molecule has 2 aromatic rings. The van der Waals surface area contributed by atoms with E-state index in [-0.39, 0.29) is 11.1 Å². The highest BCUT2D eigenvalue weighted by molar-refractivity contribution is 9.10. The molecule has 1 amide bonds. The lowest BCUT2D eigenvalue weighted by molar-refractivity contribution is 0.102. The van der Waals surface area contributed by atoms with Crippen LogP contribution in [0.1, 0.15) is 15.9 Å². The number of nitrogens with one attached hydrogen (secondary N) is 1. The second-order valence-corrected chi connectivity index (χ2v) is 4.78. The minimum Gasteiger partial charge on any atom is -0.452 e. The summed E-state index contributed by atoms with van der Waals surface area (Å²) in [6.45, 7) is 1.91. The molecule has 0 aliphatic heterocycles. The van der Waals surface area contributed by atoms with Crippen molar-refractivity contribution in [1.29, 1.82) is 0 Å². The van der Waals surface area contributed by atoms with Gasteiger partial charge in [0, 0.05) is 10.2 Å². The summed E-state index contributed by atoms with van der Waals surface area (Å²) in [5, 5.41) is 2.87. The van der Waals surface area contributed by atoms with Crippen LogP contribution in [0.5, 0.6) is 0 Å². The van der Waals surface area contributed by atoms with Crippen molar-refractivity contribution in [2.24, 2.45) is 0 Å². The number of carbonyl (C=O) groups excluding carboxylic acids is 1. The van der Waals surface area contributed by atoms with E-state index >= 15 is 0 Å². The summed E-state index contributed by atoms with van der Waals surface area (Å²) in [7, 11) is 0. The second kappa shape index (κ2) is 4.94. The molecule has 0 aliphatic rings. The van der Waals surface area contributed by atoms with Crippen molar-refractivity contribution in [3.8, 4) is 0 Å². The summed E-state index contributed by atoms with van der Waals surface area (Å²) in [4.78, 5) is 11.9. The van der Waals surface area contributed by atoms with Crippen molar-refractivity contribution in [1.82, 2.24) is 0 Å². The first-order chi connectivity index (χ1) is 8.08. The fourth-order valence-electron chi connectivity index (χ4n) is 1.41. The standard InChI is InChI=1S/C12H9BrClNO2/c1-7-6-8(13)2-3-10(7)15-12(16)9-4-5-17-11(9)14/h2-6H,1H3,(H,15,16). The Morgan fingerprint density at radius 2 is 2.18 bits per heavy atom. The van der Waals surface area contributed by atoms with Gasteiger partial charge in [-0.15, -0.1) is 0 Å². The third-order valence-electron chi connectivity index (χ3n) is 2.30. The molecule has 5 heteroatoms. The van der Waals surface area contributed by atoms with Gasteiger partial charge in [-0.25, -0.2) is 0 Å². The first-order valence-electron chi connectivity index (χ1n) is 4.88. The molecule has 3 nitrogen and oxygen atoms in total. The Bertz CT molecular complexity index is 565. The van der Waals surface area contributed by atoms with E-state index in [1.54, 1.807) is 0 Å². The summed E-state index contributed by atoms with van der Waals surface area (Å²) in [5.74, 6) is -0.283. The number of hydrogen-bond acceptors (Lipinski definition) is 2.